The average Bonchev–Trinajstić information content (AvgIpc) is 2.62. The van der Waals surface area contributed by atoms with Crippen LogP contribution in [0.5, 0.6) is 0 Å². The summed E-state index contributed by atoms with van der Waals surface area (Å²) in [4.78, 5) is 26.8. The van der Waals surface area contributed by atoms with Crippen LogP contribution in [0.1, 0.15) is 27.5 Å². The van der Waals surface area contributed by atoms with Crippen molar-refractivity contribution >= 4 is 23.4 Å². The van der Waals surface area contributed by atoms with Gasteiger partial charge in [0.25, 0.3) is 5.91 Å². The molecule has 1 fully saturated rings. The highest BCUT2D eigenvalue weighted by molar-refractivity contribution is 6.30. The van der Waals surface area contributed by atoms with Gasteiger partial charge in [0.2, 0.25) is 5.91 Å². The minimum atomic E-state index is -0.714. The predicted molar refractivity (Wildman–Crippen MR) is 89.4 cm³/mol. The van der Waals surface area contributed by atoms with E-state index >= 15 is 0 Å². The van der Waals surface area contributed by atoms with E-state index in [0.29, 0.717) is 34.8 Å². The summed E-state index contributed by atoms with van der Waals surface area (Å²) >= 11 is 5.90. The lowest BCUT2D eigenvalue weighted by atomic mass is 10.0. The van der Waals surface area contributed by atoms with Crippen molar-refractivity contribution < 1.29 is 9.59 Å². The quantitative estimate of drug-likeness (QED) is 0.913. The Hall–Kier alpha value is -2.84. The Kier molecular flexibility index (Phi) is 4.50. The number of carbonyl (C=O) groups excluding carboxylic acids is 2. The topological polar surface area (TPSA) is 73.2 Å². The number of benzene rings is 2. The van der Waals surface area contributed by atoms with Crippen molar-refractivity contribution in [1.29, 1.82) is 5.26 Å². The summed E-state index contributed by atoms with van der Waals surface area (Å²) in [6, 6.07) is 14.6. The molecule has 5 nitrogen and oxygen atoms in total. The molecule has 0 bridgehead atoms. The van der Waals surface area contributed by atoms with Crippen molar-refractivity contribution in [2.24, 2.45) is 0 Å². The predicted octanol–water partition coefficient (Wildman–Crippen LogP) is 2.52. The Morgan fingerprint density at radius 1 is 1.25 bits per heavy atom. The molecule has 2 aromatic rings. The van der Waals surface area contributed by atoms with Crippen LogP contribution >= 0.6 is 11.6 Å². The smallest absolute Gasteiger partial charge is 0.254 e. The third-order valence-corrected chi connectivity index (χ3v) is 4.15. The molecule has 1 saturated heterocycles. The number of hydrogen-bond donors (Lipinski definition) is 1. The van der Waals surface area contributed by atoms with Crippen molar-refractivity contribution in [2.75, 3.05) is 13.1 Å². The Morgan fingerprint density at radius 2 is 2.00 bits per heavy atom. The van der Waals surface area contributed by atoms with Gasteiger partial charge >= 0.3 is 0 Å². The molecule has 2 amide bonds. The highest BCUT2D eigenvalue weighted by atomic mass is 35.5. The van der Waals surface area contributed by atoms with Gasteiger partial charge in [-0.05, 0) is 35.9 Å². The van der Waals surface area contributed by atoms with E-state index in [1.165, 1.54) is 11.0 Å². The summed E-state index contributed by atoms with van der Waals surface area (Å²) in [6.07, 6.45) is 0. The number of halogens is 1. The molecule has 1 aliphatic rings. The summed E-state index contributed by atoms with van der Waals surface area (Å²) in [5, 5.41) is 12.4. The zero-order valence-corrected chi connectivity index (χ0v) is 13.5. The molecule has 24 heavy (non-hydrogen) atoms. The Labute approximate surface area is 144 Å². The Bertz CT molecular complexity index is 827. The van der Waals surface area contributed by atoms with Crippen LogP contribution in [-0.2, 0) is 4.79 Å². The molecule has 1 unspecified atom stereocenters. The van der Waals surface area contributed by atoms with E-state index in [1.54, 1.807) is 42.5 Å². The van der Waals surface area contributed by atoms with Crippen LogP contribution in [0.15, 0.2) is 48.5 Å². The van der Waals surface area contributed by atoms with Crippen LogP contribution in [0.25, 0.3) is 0 Å². The lowest BCUT2D eigenvalue weighted by molar-refractivity contribution is -0.128. The van der Waals surface area contributed by atoms with Gasteiger partial charge in [-0.1, -0.05) is 29.8 Å². The zero-order valence-electron chi connectivity index (χ0n) is 12.7. The fraction of sp³-hybridized carbons (Fsp3) is 0.167. The van der Waals surface area contributed by atoms with E-state index in [2.05, 4.69) is 5.32 Å². The number of piperazine rings is 1. The maximum Gasteiger partial charge on any atom is 0.254 e. The van der Waals surface area contributed by atoms with Crippen LogP contribution in [0.2, 0.25) is 5.02 Å². The second-order valence-corrected chi connectivity index (χ2v) is 5.87. The van der Waals surface area contributed by atoms with Crippen LogP contribution in [-0.4, -0.2) is 29.8 Å². The van der Waals surface area contributed by atoms with Crippen molar-refractivity contribution in [3.63, 3.8) is 0 Å². The van der Waals surface area contributed by atoms with Gasteiger partial charge in [0.15, 0.2) is 0 Å². The monoisotopic (exact) mass is 339 g/mol. The van der Waals surface area contributed by atoms with Crippen molar-refractivity contribution in [3.05, 3.63) is 70.2 Å². The molecule has 1 atom stereocenters. The number of nitrogens with zero attached hydrogens (tertiary/aromatic N) is 2. The molecular weight excluding hydrogens is 326 g/mol. The van der Waals surface area contributed by atoms with Crippen molar-refractivity contribution in [3.8, 4) is 6.07 Å². The van der Waals surface area contributed by atoms with E-state index in [0.717, 1.165) is 0 Å². The lowest BCUT2D eigenvalue weighted by Gasteiger charge is -2.35. The van der Waals surface area contributed by atoms with Gasteiger partial charge in [-0.25, -0.2) is 0 Å². The minimum absolute atomic E-state index is 0.228. The van der Waals surface area contributed by atoms with Gasteiger partial charge in [0.05, 0.1) is 11.6 Å². The molecular formula is C18H14ClN3O2. The molecule has 1 N–H and O–H groups in total. The van der Waals surface area contributed by atoms with E-state index in [4.69, 9.17) is 16.9 Å². The number of carbonyl (C=O) groups is 2. The molecule has 0 saturated carbocycles. The first-order chi connectivity index (χ1) is 11.6. The van der Waals surface area contributed by atoms with Gasteiger partial charge in [-0.3, -0.25) is 9.59 Å². The van der Waals surface area contributed by atoms with E-state index in [1.807, 2.05) is 6.07 Å². The van der Waals surface area contributed by atoms with Crippen LogP contribution in [0.3, 0.4) is 0 Å². The highest BCUT2D eigenvalue weighted by Gasteiger charge is 2.34. The lowest BCUT2D eigenvalue weighted by Crippen LogP contribution is -2.52. The maximum atomic E-state index is 12.9. The molecule has 1 aliphatic heterocycles. The summed E-state index contributed by atoms with van der Waals surface area (Å²) in [7, 11) is 0. The Balaban J connectivity index is 1.96. The third kappa shape index (κ3) is 3.10. The fourth-order valence-electron chi connectivity index (χ4n) is 2.75. The molecule has 3 rings (SSSR count). The fourth-order valence-corrected chi connectivity index (χ4v) is 2.88. The van der Waals surface area contributed by atoms with Crippen molar-refractivity contribution in [2.45, 2.75) is 6.04 Å². The van der Waals surface area contributed by atoms with Gasteiger partial charge in [0, 0.05) is 23.7 Å². The molecule has 0 aliphatic carbocycles. The van der Waals surface area contributed by atoms with E-state index < -0.39 is 6.04 Å². The average molecular weight is 340 g/mol. The molecule has 0 aromatic heterocycles. The summed E-state index contributed by atoms with van der Waals surface area (Å²) in [5.74, 6) is -0.504. The van der Waals surface area contributed by atoms with E-state index in [9.17, 15) is 9.59 Å². The number of hydrogen-bond acceptors (Lipinski definition) is 3. The molecule has 2 aromatic carbocycles. The van der Waals surface area contributed by atoms with Gasteiger partial charge in [-0.2, -0.15) is 5.26 Å². The standard InChI is InChI=1S/C18H14ClN3O2/c19-15-6-4-13(5-7-15)16-17(23)21-8-9-22(16)18(24)14-3-1-2-12(10-14)11-20/h1-7,10,16H,8-9H2,(H,21,23). The molecule has 0 radical (unpaired) electrons. The van der Waals surface area contributed by atoms with Crippen molar-refractivity contribution in [1.82, 2.24) is 10.2 Å². The van der Waals surface area contributed by atoms with Gasteiger partial charge < -0.3 is 10.2 Å². The van der Waals surface area contributed by atoms with Crippen LogP contribution in [0.4, 0.5) is 0 Å². The first kappa shape index (κ1) is 16.0. The molecule has 120 valence electrons. The normalized spacial score (nSPS) is 17.1. The number of amides is 2. The maximum absolute atomic E-state index is 12.9. The second-order valence-electron chi connectivity index (χ2n) is 5.44. The second kappa shape index (κ2) is 6.73. The van der Waals surface area contributed by atoms with Crippen LogP contribution in [0, 0.1) is 11.3 Å². The SMILES string of the molecule is N#Cc1cccc(C(=O)N2CCNC(=O)C2c2ccc(Cl)cc2)c1. The first-order valence-electron chi connectivity index (χ1n) is 7.44. The third-order valence-electron chi connectivity index (χ3n) is 3.90. The summed E-state index contributed by atoms with van der Waals surface area (Å²) in [5.41, 5.74) is 1.49. The highest BCUT2D eigenvalue weighted by Crippen LogP contribution is 2.26. The van der Waals surface area contributed by atoms with Crippen LogP contribution < -0.4 is 5.32 Å². The molecule has 0 spiro atoms. The molecule has 6 heteroatoms. The summed E-state index contributed by atoms with van der Waals surface area (Å²) in [6.45, 7) is 0.793. The summed E-state index contributed by atoms with van der Waals surface area (Å²) < 4.78 is 0. The van der Waals surface area contributed by atoms with E-state index in [-0.39, 0.29) is 11.8 Å². The molecule has 1 heterocycles. The largest absolute Gasteiger partial charge is 0.352 e. The zero-order chi connectivity index (χ0) is 17.1. The van der Waals surface area contributed by atoms with Gasteiger partial charge in [0.1, 0.15) is 6.04 Å². The minimum Gasteiger partial charge on any atom is -0.352 e. The van der Waals surface area contributed by atoms with Gasteiger partial charge in [-0.15, -0.1) is 0 Å². The number of nitriles is 1. The number of nitrogens with one attached hydrogen (secondary N) is 1. The Morgan fingerprint density at radius 3 is 2.71 bits per heavy atom. The first-order valence-corrected chi connectivity index (χ1v) is 7.82. The number of rotatable bonds is 2.